The molecule has 100 valence electrons. The standard InChI is InChI=1S/C13H19BO2.C2H6/c1-6-7-8-10(2)11(3)9-12(4)13(5)14(15)16;1-2/h6-9,15-16H,3,5H2,1-2,4H3;1-2H3/b7-6-,10-8+,12-9-;. The van der Waals surface area contributed by atoms with Gasteiger partial charge in [-0.15, -0.1) is 0 Å². The number of allylic oxidation sites excluding steroid dienone is 8. The molecule has 0 aliphatic carbocycles. The van der Waals surface area contributed by atoms with E-state index in [4.69, 9.17) is 10.0 Å². The third-order valence-electron chi connectivity index (χ3n) is 2.25. The maximum absolute atomic E-state index is 8.94. The van der Waals surface area contributed by atoms with Crippen molar-refractivity contribution < 1.29 is 10.0 Å². The van der Waals surface area contributed by atoms with Crippen molar-refractivity contribution >= 4 is 7.12 Å². The van der Waals surface area contributed by atoms with Gasteiger partial charge < -0.3 is 10.0 Å². The topological polar surface area (TPSA) is 40.5 Å². The Morgan fingerprint density at radius 3 is 1.94 bits per heavy atom. The van der Waals surface area contributed by atoms with Crippen LogP contribution in [0, 0.1) is 0 Å². The van der Waals surface area contributed by atoms with Crippen LogP contribution in [0.1, 0.15) is 34.6 Å². The third kappa shape index (κ3) is 7.88. The normalized spacial score (nSPS) is 11.9. The van der Waals surface area contributed by atoms with Crippen molar-refractivity contribution in [2.75, 3.05) is 0 Å². The Hall–Kier alpha value is -1.32. The number of hydrogen-bond acceptors (Lipinski definition) is 2. The van der Waals surface area contributed by atoms with Crippen LogP contribution in [-0.2, 0) is 0 Å². The van der Waals surface area contributed by atoms with Gasteiger partial charge in [-0.2, -0.15) is 0 Å². The van der Waals surface area contributed by atoms with E-state index in [1.165, 1.54) is 0 Å². The fraction of sp³-hybridized carbons (Fsp3) is 0.333. The lowest BCUT2D eigenvalue weighted by atomic mass is 9.76. The molecule has 0 aromatic rings. The molecule has 0 atom stereocenters. The minimum atomic E-state index is -1.51. The molecule has 0 saturated heterocycles. The fourth-order valence-corrected chi connectivity index (χ4v) is 1.02. The molecule has 0 spiro atoms. The van der Waals surface area contributed by atoms with Gasteiger partial charge in [0, 0.05) is 0 Å². The van der Waals surface area contributed by atoms with Crippen LogP contribution in [0.3, 0.4) is 0 Å². The molecule has 0 saturated carbocycles. The molecular weight excluding hydrogens is 223 g/mol. The second-order valence-electron chi connectivity index (χ2n) is 3.63. The van der Waals surface area contributed by atoms with Gasteiger partial charge in [-0.25, -0.2) is 0 Å². The minimum absolute atomic E-state index is 0.292. The Balaban J connectivity index is 0. The first kappa shape index (κ1) is 19.0. The summed E-state index contributed by atoms with van der Waals surface area (Å²) in [5, 5.41) is 17.9. The molecule has 18 heavy (non-hydrogen) atoms. The van der Waals surface area contributed by atoms with Gasteiger partial charge in [-0.1, -0.05) is 56.9 Å². The van der Waals surface area contributed by atoms with Crippen LogP contribution < -0.4 is 0 Å². The van der Waals surface area contributed by atoms with Crippen molar-refractivity contribution in [3.63, 3.8) is 0 Å². The zero-order valence-corrected chi connectivity index (χ0v) is 12.2. The van der Waals surface area contributed by atoms with Crippen molar-refractivity contribution in [3.8, 4) is 0 Å². The molecule has 2 N–H and O–H groups in total. The highest BCUT2D eigenvalue weighted by Gasteiger charge is 2.13. The summed E-state index contributed by atoms with van der Waals surface area (Å²) < 4.78 is 0. The third-order valence-corrected chi connectivity index (χ3v) is 2.25. The Morgan fingerprint density at radius 1 is 1.06 bits per heavy atom. The average Bonchev–Trinajstić information content (AvgIpc) is 2.36. The van der Waals surface area contributed by atoms with Gasteiger partial charge in [0.1, 0.15) is 0 Å². The largest absolute Gasteiger partial charge is 0.488 e. The summed E-state index contributed by atoms with van der Waals surface area (Å²) in [5.41, 5.74) is 2.86. The lowest BCUT2D eigenvalue weighted by molar-refractivity contribution is 0.420. The Morgan fingerprint density at radius 2 is 1.56 bits per heavy atom. The summed E-state index contributed by atoms with van der Waals surface area (Å²) in [6.07, 6.45) is 7.60. The summed E-state index contributed by atoms with van der Waals surface area (Å²) in [5.74, 6) is 0. The quantitative estimate of drug-likeness (QED) is 0.576. The van der Waals surface area contributed by atoms with Gasteiger partial charge in [-0.3, -0.25) is 0 Å². The highest BCUT2D eigenvalue weighted by Crippen LogP contribution is 2.15. The molecule has 0 aromatic heterocycles. The van der Waals surface area contributed by atoms with Gasteiger partial charge in [0.2, 0.25) is 0 Å². The van der Waals surface area contributed by atoms with E-state index in [9.17, 15) is 0 Å². The zero-order chi connectivity index (χ0) is 14.7. The van der Waals surface area contributed by atoms with Crippen LogP contribution >= 0.6 is 0 Å². The molecule has 0 fully saturated rings. The molecule has 0 aliphatic rings. The Bertz CT molecular complexity index is 361. The zero-order valence-electron chi connectivity index (χ0n) is 12.2. The Kier molecular flexibility index (Phi) is 11.4. The maximum Gasteiger partial charge on any atom is 0.488 e. The van der Waals surface area contributed by atoms with E-state index in [0.29, 0.717) is 11.0 Å². The molecule has 0 radical (unpaired) electrons. The van der Waals surface area contributed by atoms with Crippen molar-refractivity contribution in [3.05, 3.63) is 59.7 Å². The van der Waals surface area contributed by atoms with E-state index in [0.717, 1.165) is 11.1 Å². The summed E-state index contributed by atoms with van der Waals surface area (Å²) in [7, 11) is -1.51. The van der Waals surface area contributed by atoms with Crippen molar-refractivity contribution in [1.82, 2.24) is 0 Å². The predicted octanol–water partition coefficient (Wildman–Crippen LogP) is 3.61. The van der Waals surface area contributed by atoms with E-state index in [-0.39, 0.29) is 0 Å². The van der Waals surface area contributed by atoms with E-state index in [1.807, 2.05) is 45.9 Å². The second kappa shape index (κ2) is 10.8. The predicted molar refractivity (Wildman–Crippen MR) is 82.1 cm³/mol. The lowest BCUT2D eigenvalue weighted by Gasteiger charge is -2.06. The molecule has 0 bridgehead atoms. The van der Waals surface area contributed by atoms with Crippen molar-refractivity contribution in [2.24, 2.45) is 0 Å². The van der Waals surface area contributed by atoms with E-state index in [2.05, 4.69) is 13.2 Å². The molecule has 0 amide bonds. The first-order valence-corrected chi connectivity index (χ1v) is 6.12. The highest BCUT2D eigenvalue weighted by atomic mass is 16.4. The average molecular weight is 248 g/mol. The molecule has 2 nitrogen and oxygen atoms in total. The molecule has 0 rings (SSSR count). The Labute approximate surface area is 112 Å². The van der Waals surface area contributed by atoms with Gasteiger partial charge in [0.15, 0.2) is 0 Å². The first-order valence-electron chi connectivity index (χ1n) is 6.12. The second-order valence-corrected chi connectivity index (χ2v) is 3.63. The molecule has 0 aliphatic heterocycles. The molecular formula is C15H25BO2. The minimum Gasteiger partial charge on any atom is -0.423 e. The maximum atomic E-state index is 8.94. The van der Waals surface area contributed by atoms with Crippen molar-refractivity contribution in [1.29, 1.82) is 0 Å². The SMILES string of the molecule is C=C(B(O)O)/C(C)=C\C(=C)/C(C)=C/C=C\C.CC. The van der Waals surface area contributed by atoms with Crippen LogP contribution in [0.15, 0.2) is 59.7 Å². The molecule has 0 unspecified atom stereocenters. The molecule has 3 heteroatoms. The summed E-state index contributed by atoms with van der Waals surface area (Å²) in [6, 6.07) is 0. The summed E-state index contributed by atoms with van der Waals surface area (Å²) in [6.45, 7) is 17.2. The first-order chi connectivity index (χ1) is 8.40. The molecule has 0 aromatic carbocycles. The van der Waals surface area contributed by atoms with Crippen LogP contribution in [-0.4, -0.2) is 17.2 Å². The molecule has 0 heterocycles. The van der Waals surface area contributed by atoms with Gasteiger partial charge in [0.05, 0.1) is 0 Å². The van der Waals surface area contributed by atoms with Crippen LogP contribution in [0.5, 0.6) is 0 Å². The number of hydrogen-bond donors (Lipinski definition) is 2. The van der Waals surface area contributed by atoms with Gasteiger partial charge >= 0.3 is 7.12 Å². The van der Waals surface area contributed by atoms with E-state index < -0.39 is 7.12 Å². The smallest absolute Gasteiger partial charge is 0.423 e. The van der Waals surface area contributed by atoms with Crippen LogP contribution in [0.2, 0.25) is 0 Å². The van der Waals surface area contributed by atoms with Crippen LogP contribution in [0.4, 0.5) is 0 Å². The highest BCUT2D eigenvalue weighted by molar-refractivity contribution is 6.52. The lowest BCUT2D eigenvalue weighted by Crippen LogP contribution is -2.15. The van der Waals surface area contributed by atoms with Gasteiger partial charge in [-0.05, 0) is 37.4 Å². The van der Waals surface area contributed by atoms with E-state index in [1.54, 1.807) is 13.0 Å². The van der Waals surface area contributed by atoms with Crippen LogP contribution in [0.25, 0.3) is 0 Å². The number of rotatable bonds is 5. The van der Waals surface area contributed by atoms with Gasteiger partial charge in [0.25, 0.3) is 0 Å². The summed E-state index contributed by atoms with van der Waals surface area (Å²) in [4.78, 5) is 0. The van der Waals surface area contributed by atoms with Crippen molar-refractivity contribution in [2.45, 2.75) is 34.6 Å². The fourth-order valence-electron chi connectivity index (χ4n) is 1.02. The summed E-state index contributed by atoms with van der Waals surface area (Å²) >= 11 is 0. The van der Waals surface area contributed by atoms with E-state index >= 15 is 0 Å². The monoisotopic (exact) mass is 248 g/mol.